The summed E-state index contributed by atoms with van der Waals surface area (Å²) in [5, 5.41) is 8.80. The zero-order chi connectivity index (χ0) is 14.8. The van der Waals surface area contributed by atoms with E-state index in [1.807, 2.05) is 4.72 Å². The lowest BCUT2D eigenvalue weighted by Crippen LogP contribution is -2.15. The van der Waals surface area contributed by atoms with E-state index in [0.717, 1.165) is 24.4 Å². The highest BCUT2D eigenvalue weighted by molar-refractivity contribution is 7.92. The van der Waals surface area contributed by atoms with Gasteiger partial charge in [-0.05, 0) is 24.3 Å². The number of nitrogens with zero attached hydrogens (tertiary/aromatic N) is 1. The van der Waals surface area contributed by atoms with Crippen molar-refractivity contribution in [2.45, 2.75) is 4.90 Å². The van der Waals surface area contributed by atoms with Crippen LogP contribution in [0.4, 0.5) is 10.2 Å². The van der Waals surface area contributed by atoms with Crippen LogP contribution >= 0.6 is 0 Å². The fourth-order valence-corrected chi connectivity index (χ4v) is 2.55. The van der Waals surface area contributed by atoms with Crippen LogP contribution in [0.2, 0.25) is 0 Å². The third-order valence-corrected chi connectivity index (χ3v) is 3.76. The highest BCUT2D eigenvalue weighted by atomic mass is 32.2. The van der Waals surface area contributed by atoms with Crippen molar-refractivity contribution >= 4 is 21.8 Å². The number of aromatic nitrogens is 1. The predicted molar refractivity (Wildman–Crippen MR) is 68.4 cm³/mol. The van der Waals surface area contributed by atoms with Crippen LogP contribution in [0, 0.1) is 5.82 Å². The summed E-state index contributed by atoms with van der Waals surface area (Å²) >= 11 is 0. The quantitative estimate of drug-likeness (QED) is 0.895. The lowest BCUT2D eigenvalue weighted by atomic mass is 10.3. The highest BCUT2D eigenvalue weighted by Crippen LogP contribution is 2.17. The first-order valence-corrected chi connectivity index (χ1v) is 6.85. The van der Waals surface area contributed by atoms with Gasteiger partial charge in [-0.1, -0.05) is 12.1 Å². The van der Waals surface area contributed by atoms with Crippen LogP contribution in [0.3, 0.4) is 0 Å². The van der Waals surface area contributed by atoms with E-state index in [9.17, 15) is 17.6 Å². The van der Waals surface area contributed by atoms with Crippen LogP contribution < -0.4 is 4.72 Å². The molecule has 0 aliphatic rings. The fraction of sp³-hybridized carbons (Fsp3) is 0. The van der Waals surface area contributed by atoms with Crippen LogP contribution in [-0.2, 0) is 10.0 Å². The zero-order valence-corrected chi connectivity index (χ0v) is 10.8. The predicted octanol–water partition coefficient (Wildman–Crippen LogP) is 1.72. The van der Waals surface area contributed by atoms with Gasteiger partial charge in [0.1, 0.15) is 16.5 Å². The van der Waals surface area contributed by atoms with Crippen molar-refractivity contribution in [1.29, 1.82) is 0 Å². The minimum Gasteiger partial charge on any atom is -0.478 e. The number of hydrogen-bond acceptors (Lipinski definition) is 4. The molecule has 2 N–H and O–H groups in total. The number of sulfonamides is 1. The summed E-state index contributed by atoms with van der Waals surface area (Å²) in [6.07, 6.45) is 1.14. The Morgan fingerprint density at radius 1 is 1.25 bits per heavy atom. The molecule has 2 aromatic rings. The van der Waals surface area contributed by atoms with Gasteiger partial charge in [-0.2, -0.15) is 0 Å². The molecular weight excluding hydrogens is 287 g/mol. The van der Waals surface area contributed by atoms with Crippen LogP contribution in [0.1, 0.15) is 10.4 Å². The summed E-state index contributed by atoms with van der Waals surface area (Å²) in [5.74, 6) is -2.33. The van der Waals surface area contributed by atoms with Gasteiger partial charge in [-0.3, -0.25) is 4.72 Å². The van der Waals surface area contributed by atoms with Gasteiger partial charge < -0.3 is 5.11 Å². The molecule has 1 heterocycles. The average molecular weight is 296 g/mol. The minimum absolute atomic E-state index is 0.133. The molecule has 2 rings (SSSR count). The van der Waals surface area contributed by atoms with Gasteiger partial charge in [-0.25, -0.2) is 22.6 Å². The topological polar surface area (TPSA) is 96.4 Å². The Balaban J connectivity index is 2.36. The molecule has 6 nitrogen and oxygen atoms in total. The van der Waals surface area contributed by atoms with Crippen LogP contribution in [0.25, 0.3) is 0 Å². The second-order valence-corrected chi connectivity index (χ2v) is 5.42. The lowest BCUT2D eigenvalue weighted by Gasteiger charge is -2.08. The van der Waals surface area contributed by atoms with Crippen LogP contribution in [-0.4, -0.2) is 24.5 Å². The SMILES string of the molecule is O=C(O)c1ccnc(NS(=O)(=O)c2ccccc2F)c1. The molecule has 0 atom stereocenters. The first kappa shape index (κ1) is 13.9. The van der Waals surface area contributed by atoms with Crippen molar-refractivity contribution in [3.05, 3.63) is 54.0 Å². The molecule has 0 fully saturated rings. The minimum atomic E-state index is -4.17. The maximum absolute atomic E-state index is 13.5. The number of nitrogens with one attached hydrogen (secondary N) is 1. The largest absolute Gasteiger partial charge is 0.478 e. The van der Waals surface area contributed by atoms with Crippen LogP contribution in [0.5, 0.6) is 0 Å². The van der Waals surface area contributed by atoms with Crippen molar-refractivity contribution in [3.63, 3.8) is 0 Å². The molecule has 0 unspecified atom stereocenters. The summed E-state index contributed by atoms with van der Waals surface area (Å²) < 4.78 is 39.4. The van der Waals surface area contributed by atoms with Gasteiger partial charge >= 0.3 is 5.97 Å². The molecule has 0 spiro atoms. The Kier molecular flexibility index (Phi) is 3.66. The lowest BCUT2D eigenvalue weighted by molar-refractivity contribution is 0.0697. The van der Waals surface area contributed by atoms with E-state index in [0.29, 0.717) is 0 Å². The maximum atomic E-state index is 13.5. The Morgan fingerprint density at radius 3 is 2.60 bits per heavy atom. The molecule has 8 heteroatoms. The van der Waals surface area contributed by atoms with E-state index in [-0.39, 0.29) is 11.4 Å². The molecule has 0 aliphatic heterocycles. The molecule has 20 heavy (non-hydrogen) atoms. The number of aromatic carboxylic acids is 1. The van der Waals surface area contributed by atoms with Gasteiger partial charge in [0.15, 0.2) is 0 Å². The van der Waals surface area contributed by atoms with Crippen molar-refractivity contribution < 1.29 is 22.7 Å². The zero-order valence-electron chi connectivity index (χ0n) is 9.95. The monoisotopic (exact) mass is 296 g/mol. The third-order valence-electron chi connectivity index (χ3n) is 2.37. The van der Waals surface area contributed by atoms with E-state index in [4.69, 9.17) is 5.11 Å². The molecule has 104 valence electrons. The third kappa shape index (κ3) is 2.91. The first-order chi connectivity index (χ1) is 9.40. The average Bonchev–Trinajstić information content (AvgIpc) is 2.38. The second-order valence-electron chi connectivity index (χ2n) is 3.77. The Labute approximate surface area is 114 Å². The van der Waals surface area contributed by atoms with Crippen molar-refractivity contribution in [3.8, 4) is 0 Å². The normalized spacial score (nSPS) is 11.1. The van der Waals surface area contributed by atoms with Gasteiger partial charge in [0.05, 0.1) is 5.56 Å². The van der Waals surface area contributed by atoms with E-state index in [2.05, 4.69) is 4.98 Å². The fourth-order valence-electron chi connectivity index (χ4n) is 1.47. The van der Waals surface area contributed by atoms with Crippen molar-refractivity contribution in [1.82, 2.24) is 4.98 Å². The summed E-state index contributed by atoms with van der Waals surface area (Å²) in [6.45, 7) is 0. The summed E-state index contributed by atoms with van der Waals surface area (Å²) in [4.78, 5) is 13.9. The van der Waals surface area contributed by atoms with Gasteiger partial charge in [0.25, 0.3) is 10.0 Å². The molecule has 0 saturated heterocycles. The van der Waals surface area contributed by atoms with E-state index >= 15 is 0 Å². The highest BCUT2D eigenvalue weighted by Gasteiger charge is 2.19. The molecule has 1 aromatic carbocycles. The van der Waals surface area contributed by atoms with Crippen LogP contribution in [0.15, 0.2) is 47.5 Å². The van der Waals surface area contributed by atoms with Crippen molar-refractivity contribution in [2.75, 3.05) is 4.72 Å². The van der Waals surface area contributed by atoms with Gasteiger partial charge in [0.2, 0.25) is 0 Å². The molecule has 0 amide bonds. The number of anilines is 1. The Hall–Kier alpha value is -2.48. The Morgan fingerprint density at radius 2 is 1.95 bits per heavy atom. The summed E-state index contributed by atoms with van der Waals surface area (Å²) in [6, 6.07) is 7.09. The number of carboxylic acid groups (broad SMARTS) is 1. The van der Waals surface area contributed by atoms with E-state index < -0.39 is 26.7 Å². The standard InChI is InChI=1S/C12H9FN2O4S/c13-9-3-1-2-4-10(9)20(18,19)15-11-7-8(12(16)17)5-6-14-11/h1-7H,(H,14,15)(H,16,17). The number of rotatable bonds is 4. The number of carboxylic acids is 1. The summed E-state index contributed by atoms with van der Waals surface area (Å²) in [5.41, 5.74) is -0.133. The number of carbonyl (C=O) groups is 1. The summed E-state index contributed by atoms with van der Waals surface area (Å²) in [7, 11) is -4.17. The van der Waals surface area contributed by atoms with E-state index in [1.54, 1.807) is 0 Å². The van der Waals surface area contributed by atoms with Gasteiger partial charge in [0, 0.05) is 6.20 Å². The molecule has 0 saturated carbocycles. The number of pyridine rings is 1. The first-order valence-electron chi connectivity index (χ1n) is 5.37. The molecule has 0 bridgehead atoms. The molecule has 0 radical (unpaired) electrons. The maximum Gasteiger partial charge on any atom is 0.335 e. The van der Waals surface area contributed by atoms with Gasteiger partial charge in [-0.15, -0.1) is 0 Å². The van der Waals surface area contributed by atoms with Crippen molar-refractivity contribution in [2.24, 2.45) is 0 Å². The molecule has 1 aromatic heterocycles. The Bertz CT molecular complexity index is 762. The molecular formula is C12H9FN2O4S. The number of hydrogen-bond donors (Lipinski definition) is 2. The number of halogens is 1. The second kappa shape index (κ2) is 5.25. The molecule has 0 aliphatic carbocycles. The number of benzene rings is 1. The van der Waals surface area contributed by atoms with E-state index in [1.165, 1.54) is 18.2 Å². The smallest absolute Gasteiger partial charge is 0.335 e.